The van der Waals surface area contributed by atoms with Crippen molar-refractivity contribution in [2.45, 2.75) is 31.9 Å². The van der Waals surface area contributed by atoms with Gasteiger partial charge in [-0.3, -0.25) is 4.79 Å². The lowest BCUT2D eigenvalue weighted by Gasteiger charge is -2.21. The molecule has 0 aliphatic carbocycles. The third-order valence-electron chi connectivity index (χ3n) is 3.32. The first-order chi connectivity index (χ1) is 10.3. The van der Waals surface area contributed by atoms with Gasteiger partial charge >= 0.3 is 0 Å². The predicted molar refractivity (Wildman–Crippen MR) is 72.2 cm³/mol. The van der Waals surface area contributed by atoms with E-state index >= 15 is 0 Å². The van der Waals surface area contributed by atoms with E-state index in [1.54, 1.807) is 12.4 Å². The van der Waals surface area contributed by atoms with E-state index in [9.17, 15) is 4.79 Å². The van der Waals surface area contributed by atoms with Crippen molar-refractivity contribution in [3.63, 3.8) is 0 Å². The summed E-state index contributed by atoms with van der Waals surface area (Å²) in [6, 6.07) is 1.51. The van der Waals surface area contributed by atoms with Gasteiger partial charge in [-0.1, -0.05) is 5.16 Å². The average molecular weight is 288 g/mol. The summed E-state index contributed by atoms with van der Waals surface area (Å²) in [6.07, 6.45) is 7.98. The molecule has 21 heavy (non-hydrogen) atoms. The summed E-state index contributed by atoms with van der Waals surface area (Å²) in [7, 11) is 0. The molecule has 1 saturated heterocycles. The maximum atomic E-state index is 11.7. The zero-order chi connectivity index (χ0) is 14.5. The van der Waals surface area contributed by atoms with Crippen LogP contribution in [0.1, 0.15) is 47.2 Å². The number of hydrogen-bond acceptors (Lipinski definition) is 6. The highest BCUT2D eigenvalue weighted by atomic mass is 16.5. The number of carbonyl (C=O) groups is 1. The molecule has 1 unspecified atom stereocenters. The molecule has 0 radical (unpaired) electrons. The summed E-state index contributed by atoms with van der Waals surface area (Å²) in [4.78, 5) is 20.3. The second-order valence-electron chi connectivity index (χ2n) is 4.87. The van der Waals surface area contributed by atoms with E-state index in [1.165, 1.54) is 12.3 Å². The van der Waals surface area contributed by atoms with Crippen LogP contribution in [0.15, 0.2) is 29.2 Å². The first-order valence-corrected chi connectivity index (χ1v) is 6.94. The SMILES string of the molecule is O=C(NCc1cnc(C2CCCCO2)nc1)c1ccon1. The number of rotatable bonds is 4. The third-order valence-corrected chi connectivity index (χ3v) is 3.32. The molecule has 0 aromatic carbocycles. The van der Waals surface area contributed by atoms with Crippen molar-refractivity contribution in [1.82, 2.24) is 20.4 Å². The normalized spacial score (nSPS) is 18.4. The molecule has 0 bridgehead atoms. The molecule has 7 nitrogen and oxygen atoms in total. The van der Waals surface area contributed by atoms with Gasteiger partial charge in [-0.05, 0) is 19.3 Å². The Bertz CT molecular complexity index is 577. The number of nitrogens with zero attached hydrogens (tertiary/aromatic N) is 3. The van der Waals surface area contributed by atoms with Crippen molar-refractivity contribution in [3.05, 3.63) is 41.8 Å². The van der Waals surface area contributed by atoms with Gasteiger partial charge in [-0.15, -0.1) is 0 Å². The highest BCUT2D eigenvalue weighted by Crippen LogP contribution is 2.24. The molecule has 1 amide bonds. The molecule has 1 aliphatic rings. The zero-order valence-corrected chi connectivity index (χ0v) is 11.5. The van der Waals surface area contributed by atoms with Crippen LogP contribution in [-0.4, -0.2) is 27.6 Å². The number of ether oxygens (including phenoxy) is 1. The van der Waals surface area contributed by atoms with Gasteiger partial charge in [0.2, 0.25) is 0 Å². The monoisotopic (exact) mass is 288 g/mol. The summed E-state index contributed by atoms with van der Waals surface area (Å²) in [6.45, 7) is 1.11. The zero-order valence-electron chi connectivity index (χ0n) is 11.5. The lowest BCUT2D eigenvalue weighted by molar-refractivity contribution is 0.00940. The molecular weight excluding hydrogens is 272 g/mol. The number of nitrogens with one attached hydrogen (secondary N) is 1. The highest BCUT2D eigenvalue weighted by Gasteiger charge is 2.18. The topological polar surface area (TPSA) is 90.1 Å². The predicted octanol–water partition coefficient (Wildman–Crippen LogP) is 1.64. The van der Waals surface area contributed by atoms with E-state index in [2.05, 4.69) is 25.0 Å². The van der Waals surface area contributed by atoms with Gasteiger partial charge in [-0.2, -0.15) is 0 Å². The fourth-order valence-electron chi connectivity index (χ4n) is 2.17. The summed E-state index contributed by atoms with van der Waals surface area (Å²) < 4.78 is 10.3. The van der Waals surface area contributed by atoms with E-state index in [-0.39, 0.29) is 17.7 Å². The minimum absolute atomic E-state index is 0.00229. The Labute approximate surface area is 121 Å². The lowest BCUT2D eigenvalue weighted by atomic mass is 10.1. The Kier molecular flexibility index (Phi) is 4.20. The largest absolute Gasteiger partial charge is 0.370 e. The third kappa shape index (κ3) is 3.43. The van der Waals surface area contributed by atoms with Crippen LogP contribution in [0, 0.1) is 0 Å². The molecule has 110 valence electrons. The minimum Gasteiger partial charge on any atom is -0.370 e. The Balaban J connectivity index is 1.55. The second-order valence-corrected chi connectivity index (χ2v) is 4.87. The molecule has 1 aliphatic heterocycles. The molecule has 2 aromatic heterocycles. The van der Waals surface area contributed by atoms with Crippen molar-refractivity contribution in [3.8, 4) is 0 Å². The molecule has 3 rings (SSSR count). The Hall–Kier alpha value is -2.28. The maximum Gasteiger partial charge on any atom is 0.273 e. The van der Waals surface area contributed by atoms with E-state index in [0.717, 1.165) is 31.4 Å². The van der Waals surface area contributed by atoms with Crippen LogP contribution in [0.2, 0.25) is 0 Å². The van der Waals surface area contributed by atoms with E-state index in [1.807, 2.05) is 0 Å². The van der Waals surface area contributed by atoms with E-state index in [4.69, 9.17) is 4.74 Å². The standard InChI is InChI=1S/C14H16N4O3/c19-14(11-4-6-21-18-11)17-9-10-7-15-13(16-8-10)12-3-1-2-5-20-12/h4,6-8,12H,1-3,5,9H2,(H,17,19). The van der Waals surface area contributed by atoms with Gasteiger partial charge in [0.25, 0.3) is 5.91 Å². The van der Waals surface area contributed by atoms with Crippen molar-refractivity contribution in [2.75, 3.05) is 6.61 Å². The van der Waals surface area contributed by atoms with Crippen molar-refractivity contribution >= 4 is 5.91 Å². The maximum absolute atomic E-state index is 11.7. The first-order valence-electron chi connectivity index (χ1n) is 6.94. The fraction of sp³-hybridized carbons (Fsp3) is 0.429. The number of aromatic nitrogens is 3. The van der Waals surface area contributed by atoms with Gasteiger partial charge < -0.3 is 14.6 Å². The van der Waals surface area contributed by atoms with Crippen LogP contribution >= 0.6 is 0 Å². The van der Waals surface area contributed by atoms with Crippen LogP contribution in [-0.2, 0) is 11.3 Å². The van der Waals surface area contributed by atoms with Crippen LogP contribution in [0.3, 0.4) is 0 Å². The van der Waals surface area contributed by atoms with E-state index in [0.29, 0.717) is 12.4 Å². The van der Waals surface area contributed by atoms with Crippen molar-refractivity contribution < 1.29 is 14.1 Å². The molecule has 1 fully saturated rings. The van der Waals surface area contributed by atoms with Gasteiger partial charge in [0.15, 0.2) is 11.5 Å². The van der Waals surface area contributed by atoms with Crippen LogP contribution < -0.4 is 5.32 Å². The van der Waals surface area contributed by atoms with Gasteiger partial charge in [0.05, 0.1) is 0 Å². The van der Waals surface area contributed by atoms with Gasteiger partial charge in [0.1, 0.15) is 12.4 Å². The van der Waals surface area contributed by atoms with Crippen molar-refractivity contribution in [2.24, 2.45) is 0 Å². The highest BCUT2D eigenvalue weighted by molar-refractivity contribution is 5.91. The van der Waals surface area contributed by atoms with E-state index < -0.39 is 0 Å². The molecule has 1 atom stereocenters. The lowest BCUT2D eigenvalue weighted by Crippen LogP contribution is -2.23. The number of carbonyl (C=O) groups excluding carboxylic acids is 1. The van der Waals surface area contributed by atoms with Gasteiger partial charge in [-0.25, -0.2) is 9.97 Å². The first kappa shape index (κ1) is 13.7. The fourth-order valence-corrected chi connectivity index (χ4v) is 2.17. The van der Waals surface area contributed by atoms with Crippen LogP contribution in [0.5, 0.6) is 0 Å². The minimum atomic E-state index is -0.288. The summed E-state index contributed by atoms with van der Waals surface area (Å²) in [5.74, 6) is 0.421. The second kappa shape index (κ2) is 6.45. The molecule has 1 N–H and O–H groups in total. The molecule has 7 heteroatoms. The molecule has 0 spiro atoms. The quantitative estimate of drug-likeness (QED) is 0.919. The number of hydrogen-bond donors (Lipinski definition) is 1. The summed E-state index contributed by atoms with van der Waals surface area (Å²) in [5.41, 5.74) is 1.08. The molecule has 0 saturated carbocycles. The molecular formula is C14H16N4O3. The summed E-state index contributed by atoms with van der Waals surface area (Å²) >= 11 is 0. The molecule has 2 aromatic rings. The average Bonchev–Trinajstić information content (AvgIpc) is 3.08. The number of amides is 1. The Morgan fingerprint density at radius 3 is 2.86 bits per heavy atom. The van der Waals surface area contributed by atoms with Crippen molar-refractivity contribution in [1.29, 1.82) is 0 Å². The molecule has 3 heterocycles. The summed E-state index contributed by atoms with van der Waals surface area (Å²) in [5, 5.41) is 6.30. The Morgan fingerprint density at radius 2 is 2.19 bits per heavy atom. The Morgan fingerprint density at radius 1 is 1.33 bits per heavy atom. The van der Waals surface area contributed by atoms with Gasteiger partial charge in [0, 0.05) is 37.2 Å². The van der Waals surface area contributed by atoms with Crippen LogP contribution in [0.4, 0.5) is 0 Å². The smallest absolute Gasteiger partial charge is 0.273 e. The van der Waals surface area contributed by atoms with Crippen LogP contribution in [0.25, 0.3) is 0 Å².